The van der Waals surface area contributed by atoms with E-state index in [4.69, 9.17) is 9.47 Å². The van der Waals surface area contributed by atoms with E-state index in [1.807, 2.05) is 42.1 Å². The molecule has 6 heteroatoms. The Kier molecular flexibility index (Phi) is 2.29. The number of aromatic nitrogens is 3. The molecule has 20 heavy (non-hydrogen) atoms. The number of aryl methyl sites for hydroxylation is 1. The molecule has 1 N–H and O–H groups in total. The van der Waals surface area contributed by atoms with E-state index in [0.29, 0.717) is 0 Å². The van der Waals surface area contributed by atoms with Gasteiger partial charge in [0, 0.05) is 25.0 Å². The Hall–Kier alpha value is -2.76. The molecule has 1 aromatic carbocycles. The summed E-state index contributed by atoms with van der Waals surface area (Å²) in [6.07, 6.45) is 3.52. The van der Waals surface area contributed by atoms with E-state index in [2.05, 4.69) is 15.3 Å². The van der Waals surface area contributed by atoms with Gasteiger partial charge in [0.1, 0.15) is 17.8 Å². The van der Waals surface area contributed by atoms with Crippen molar-refractivity contribution in [3.8, 4) is 11.5 Å². The molecule has 0 fully saturated rings. The average molecular weight is 268 g/mol. The molecule has 3 aromatic rings. The van der Waals surface area contributed by atoms with Gasteiger partial charge < -0.3 is 19.4 Å². The van der Waals surface area contributed by atoms with E-state index >= 15 is 0 Å². The minimum Gasteiger partial charge on any atom is -0.454 e. The van der Waals surface area contributed by atoms with Crippen LogP contribution in [0.3, 0.4) is 0 Å². The summed E-state index contributed by atoms with van der Waals surface area (Å²) in [6.45, 7) is 0.273. The maximum absolute atomic E-state index is 5.37. The summed E-state index contributed by atoms with van der Waals surface area (Å²) in [5.41, 5.74) is 1.79. The summed E-state index contributed by atoms with van der Waals surface area (Å²) in [6, 6.07) is 7.71. The Morgan fingerprint density at radius 2 is 2.05 bits per heavy atom. The molecule has 0 saturated heterocycles. The first-order chi connectivity index (χ1) is 9.81. The Labute approximate surface area is 115 Å². The third-order valence-corrected chi connectivity index (χ3v) is 3.30. The first-order valence-corrected chi connectivity index (χ1v) is 6.24. The molecule has 0 amide bonds. The fraction of sp³-hybridized carbons (Fsp3) is 0.143. The van der Waals surface area contributed by atoms with Gasteiger partial charge in [-0.3, -0.25) is 0 Å². The Morgan fingerprint density at radius 3 is 3.00 bits per heavy atom. The third kappa shape index (κ3) is 1.65. The van der Waals surface area contributed by atoms with Crippen molar-refractivity contribution in [2.24, 2.45) is 7.05 Å². The van der Waals surface area contributed by atoms with E-state index in [0.717, 1.165) is 34.0 Å². The van der Waals surface area contributed by atoms with Crippen LogP contribution in [0.4, 0.5) is 11.5 Å². The van der Waals surface area contributed by atoms with E-state index in [1.165, 1.54) is 0 Å². The van der Waals surface area contributed by atoms with Gasteiger partial charge in [-0.25, -0.2) is 9.97 Å². The smallest absolute Gasteiger partial charge is 0.231 e. The first-order valence-electron chi connectivity index (χ1n) is 6.24. The van der Waals surface area contributed by atoms with Gasteiger partial charge in [-0.1, -0.05) is 0 Å². The number of fused-ring (bicyclic) bond motifs is 2. The van der Waals surface area contributed by atoms with Crippen LogP contribution in [-0.2, 0) is 7.05 Å². The van der Waals surface area contributed by atoms with Gasteiger partial charge in [-0.2, -0.15) is 0 Å². The molecule has 0 radical (unpaired) electrons. The van der Waals surface area contributed by atoms with Crippen molar-refractivity contribution < 1.29 is 9.47 Å². The number of rotatable bonds is 2. The van der Waals surface area contributed by atoms with Crippen LogP contribution in [0, 0.1) is 0 Å². The van der Waals surface area contributed by atoms with Crippen LogP contribution in [-0.4, -0.2) is 21.3 Å². The molecule has 1 aliphatic rings. The lowest BCUT2D eigenvalue weighted by Crippen LogP contribution is -1.96. The SMILES string of the molecule is Cn1ccc2c(Nc3ccc4c(c3)OCO4)ncnc21. The standard InChI is InChI=1S/C14H12N4O2/c1-18-5-4-10-13(15-7-16-14(10)18)17-9-2-3-11-12(6-9)20-8-19-11/h2-7H,8H2,1H3,(H,15,16,17). The van der Waals surface area contributed by atoms with Crippen molar-refractivity contribution in [1.82, 2.24) is 14.5 Å². The van der Waals surface area contributed by atoms with E-state index in [9.17, 15) is 0 Å². The lowest BCUT2D eigenvalue weighted by atomic mass is 10.2. The second-order valence-corrected chi connectivity index (χ2v) is 4.58. The second kappa shape index (κ2) is 4.12. The number of hydrogen-bond donors (Lipinski definition) is 1. The summed E-state index contributed by atoms with van der Waals surface area (Å²) in [4.78, 5) is 8.57. The summed E-state index contributed by atoms with van der Waals surface area (Å²) in [5.74, 6) is 2.28. The average Bonchev–Trinajstić information content (AvgIpc) is 3.06. The molecule has 1 aliphatic heterocycles. The largest absolute Gasteiger partial charge is 0.454 e. The molecule has 3 heterocycles. The van der Waals surface area contributed by atoms with Gasteiger partial charge in [0.05, 0.1) is 5.39 Å². The number of ether oxygens (including phenoxy) is 2. The lowest BCUT2D eigenvalue weighted by Gasteiger charge is -2.07. The molecule has 100 valence electrons. The molecule has 0 saturated carbocycles. The third-order valence-electron chi connectivity index (χ3n) is 3.30. The van der Waals surface area contributed by atoms with Crippen molar-refractivity contribution in [3.63, 3.8) is 0 Å². The molecule has 0 spiro atoms. The first kappa shape index (κ1) is 11.1. The number of nitrogens with one attached hydrogen (secondary N) is 1. The minimum atomic E-state index is 0.273. The minimum absolute atomic E-state index is 0.273. The van der Waals surface area contributed by atoms with Crippen molar-refractivity contribution in [3.05, 3.63) is 36.8 Å². The van der Waals surface area contributed by atoms with E-state index < -0.39 is 0 Å². The summed E-state index contributed by atoms with van der Waals surface area (Å²) in [5, 5.41) is 4.27. The number of hydrogen-bond acceptors (Lipinski definition) is 5. The number of benzene rings is 1. The van der Waals surface area contributed by atoms with Gasteiger partial charge in [0.25, 0.3) is 0 Å². The Balaban J connectivity index is 1.74. The van der Waals surface area contributed by atoms with Crippen LogP contribution in [0.1, 0.15) is 0 Å². The Morgan fingerprint density at radius 1 is 1.15 bits per heavy atom. The zero-order valence-electron chi connectivity index (χ0n) is 10.8. The van der Waals surface area contributed by atoms with Crippen LogP contribution in [0.2, 0.25) is 0 Å². The maximum Gasteiger partial charge on any atom is 0.231 e. The maximum atomic E-state index is 5.37. The van der Waals surface area contributed by atoms with Gasteiger partial charge in [-0.05, 0) is 18.2 Å². The highest BCUT2D eigenvalue weighted by Crippen LogP contribution is 2.35. The van der Waals surface area contributed by atoms with Crippen LogP contribution < -0.4 is 14.8 Å². The predicted molar refractivity (Wildman–Crippen MR) is 74.4 cm³/mol. The van der Waals surface area contributed by atoms with Crippen molar-refractivity contribution >= 4 is 22.5 Å². The van der Waals surface area contributed by atoms with Gasteiger partial charge >= 0.3 is 0 Å². The molecule has 0 atom stereocenters. The van der Waals surface area contributed by atoms with E-state index in [-0.39, 0.29) is 6.79 Å². The fourth-order valence-electron chi connectivity index (χ4n) is 2.29. The molecule has 0 bridgehead atoms. The van der Waals surface area contributed by atoms with Gasteiger partial charge in [0.15, 0.2) is 11.5 Å². The van der Waals surface area contributed by atoms with Crippen molar-refractivity contribution in [2.75, 3.05) is 12.1 Å². The van der Waals surface area contributed by atoms with Crippen LogP contribution in [0.5, 0.6) is 11.5 Å². The molecular formula is C14H12N4O2. The van der Waals surface area contributed by atoms with Gasteiger partial charge in [-0.15, -0.1) is 0 Å². The molecule has 2 aromatic heterocycles. The quantitative estimate of drug-likeness (QED) is 0.773. The predicted octanol–water partition coefficient (Wildman–Crippen LogP) is 2.44. The molecule has 6 nitrogen and oxygen atoms in total. The van der Waals surface area contributed by atoms with Crippen LogP contribution in [0.15, 0.2) is 36.8 Å². The van der Waals surface area contributed by atoms with E-state index in [1.54, 1.807) is 6.33 Å². The second-order valence-electron chi connectivity index (χ2n) is 4.58. The number of nitrogens with zero attached hydrogens (tertiary/aromatic N) is 3. The number of anilines is 2. The van der Waals surface area contributed by atoms with Crippen molar-refractivity contribution in [1.29, 1.82) is 0 Å². The van der Waals surface area contributed by atoms with Crippen molar-refractivity contribution in [2.45, 2.75) is 0 Å². The zero-order chi connectivity index (χ0) is 13.5. The van der Waals surface area contributed by atoms with Crippen LogP contribution >= 0.6 is 0 Å². The topological polar surface area (TPSA) is 61.2 Å². The highest BCUT2D eigenvalue weighted by atomic mass is 16.7. The zero-order valence-corrected chi connectivity index (χ0v) is 10.8. The summed E-state index contributed by atoms with van der Waals surface area (Å²) < 4.78 is 12.6. The highest BCUT2D eigenvalue weighted by molar-refractivity contribution is 5.89. The molecule has 0 aliphatic carbocycles. The molecule has 0 unspecified atom stereocenters. The van der Waals surface area contributed by atoms with Gasteiger partial charge in [0.2, 0.25) is 6.79 Å². The monoisotopic (exact) mass is 268 g/mol. The Bertz CT molecular complexity index is 797. The fourth-order valence-corrected chi connectivity index (χ4v) is 2.29. The lowest BCUT2D eigenvalue weighted by molar-refractivity contribution is 0.174. The molecule has 4 rings (SSSR count). The van der Waals surface area contributed by atoms with Crippen LogP contribution in [0.25, 0.3) is 11.0 Å². The summed E-state index contributed by atoms with van der Waals surface area (Å²) >= 11 is 0. The normalized spacial score (nSPS) is 12.8. The molecular weight excluding hydrogens is 256 g/mol. The highest BCUT2D eigenvalue weighted by Gasteiger charge is 2.14. The summed E-state index contributed by atoms with van der Waals surface area (Å²) in [7, 11) is 1.96.